The smallest absolute Gasteiger partial charge is 0.346 e. The van der Waals surface area contributed by atoms with Crippen LogP contribution in [0.5, 0.6) is 0 Å². The lowest BCUT2D eigenvalue weighted by molar-refractivity contribution is 0.0511. The summed E-state index contributed by atoms with van der Waals surface area (Å²) >= 11 is 7.74. The van der Waals surface area contributed by atoms with Crippen LogP contribution in [0.1, 0.15) is 45.8 Å². The molecule has 0 bridgehead atoms. The number of carbonyl (C=O) groups excluding carboxylic acids is 2. The molecule has 0 saturated heterocycles. The SMILES string of the molecule is CCOC(=O)c1c(Cc2ccc(I)cc2F)n(C)c(=O)n(C)c1=O.CCOC(=O)c1c(Cl)n(C)c(=O)n(C)c1=O.[B]B([B])B([B])B(B(B([B])[B])B([B])[B])B(B([B])[B])B([B])[B]. The molecule has 0 saturated carbocycles. The summed E-state index contributed by atoms with van der Waals surface area (Å²) in [6, 6.07) is 4.62. The Bertz CT molecular complexity index is 2180. The van der Waals surface area contributed by atoms with Gasteiger partial charge in [-0.15, -0.1) is 0 Å². The zero-order chi connectivity index (χ0) is 46.7. The van der Waals surface area contributed by atoms with Crippen LogP contribution < -0.4 is 22.5 Å². The molecule has 12 nitrogen and oxygen atoms in total. The lowest BCUT2D eigenvalue weighted by atomic mass is 8.39. The summed E-state index contributed by atoms with van der Waals surface area (Å²) in [5.41, 5.74) is -2.86. The van der Waals surface area contributed by atoms with Crippen LogP contribution in [0, 0.1) is 9.39 Å². The zero-order valence-electron chi connectivity index (χ0n) is 34.1. The van der Waals surface area contributed by atoms with E-state index in [0.717, 1.165) is 17.3 Å². The van der Waals surface area contributed by atoms with E-state index in [4.69, 9.17) is 101 Å². The highest BCUT2D eigenvalue weighted by Crippen LogP contribution is 2.17. The van der Waals surface area contributed by atoms with E-state index in [2.05, 4.69) is 4.74 Å². The third-order valence-corrected chi connectivity index (χ3v) is 10.4. The van der Waals surface area contributed by atoms with Crippen molar-refractivity contribution in [3.8, 4) is 0 Å². The minimum atomic E-state index is -0.889. The largest absolute Gasteiger partial charge is 0.462 e. The first-order chi connectivity index (χ1) is 27.7. The number of halogens is 3. The maximum atomic E-state index is 14.1. The van der Waals surface area contributed by atoms with Crippen LogP contribution in [0.15, 0.2) is 37.4 Å². The quantitative estimate of drug-likeness (QED) is 0.0675. The summed E-state index contributed by atoms with van der Waals surface area (Å²) in [6.45, 7) is 3.43. The lowest BCUT2D eigenvalue weighted by Gasteiger charge is -2.42. The molecule has 276 valence electrons. The molecule has 0 unspecified atom stereocenters. The van der Waals surface area contributed by atoms with Gasteiger partial charge in [0.05, 0.1) is 13.2 Å². The molecule has 60 heavy (non-hydrogen) atoms. The van der Waals surface area contributed by atoms with Gasteiger partial charge in [-0.3, -0.25) is 27.9 Å². The molecule has 2 aromatic heterocycles. The zero-order valence-corrected chi connectivity index (χ0v) is 37.0. The molecule has 35 heteroatoms. The van der Waals surface area contributed by atoms with E-state index in [0.29, 0.717) is 0 Å². The van der Waals surface area contributed by atoms with Gasteiger partial charge in [0.15, 0.2) is 5.56 Å². The Hall–Kier alpha value is -2.23. The van der Waals surface area contributed by atoms with Gasteiger partial charge in [0.2, 0.25) is 0 Å². The molecular formula is C25H27B20ClFIN4O8. The van der Waals surface area contributed by atoms with Crippen molar-refractivity contribution in [2.45, 2.75) is 20.3 Å². The van der Waals surface area contributed by atoms with Gasteiger partial charge in [0.1, 0.15) is 16.5 Å². The monoisotopic (exact) mass is 912 g/mol. The van der Waals surface area contributed by atoms with E-state index in [-0.39, 0.29) is 47.2 Å². The van der Waals surface area contributed by atoms with Crippen LogP contribution in [0.2, 0.25) is 5.15 Å². The fourth-order valence-corrected chi connectivity index (χ4v) is 6.79. The van der Waals surface area contributed by atoms with Crippen LogP contribution in [0.4, 0.5) is 4.39 Å². The Balaban J connectivity index is 0.000000460. The van der Waals surface area contributed by atoms with Gasteiger partial charge in [0, 0.05) is 186 Å². The van der Waals surface area contributed by atoms with E-state index in [1.165, 1.54) is 38.8 Å². The average Bonchev–Trinajstić information content (AvgIpc) is 3.15. The number of benzene rings is 1. The number of nitrogens with zero attached hydrogens (tertiary/aromatic N) is 4. The summed E-state index contributed by atoms with van der Waals surface area (Å²) in [5, 5.41) is -0.216. The van der Waals surface area contributed by atoms with Gasteiger partial charge in [-0.1, -0.05) is 17.7 Å². The molecule has 3 rings (SSSR count). The van der Waals surface area contributed by atoms with Gasteiger partial charge >= 0.3 is 23.3 Å². The first-order valence-electron chi connectivity index (χ1n) is 18.0. The third-order valence-electron chi connectivity index (χ3n) is 9.27. The standard InChI is InChI=1S/C16H16FIN2O4.C9H11ClN2O4.B20/c1-4-24-15(22)13-12(19(2)16(23)20(3)14(13)21)7-9-5-6-10(18)8-11(9)17;1-4-16-8(14)5-6(10)11(2)9(15)12(3)7(5)13;1-12(2)17(11)20(18(13(3)4)14(5)6)19(15(7)8)16(9)10/h5-6,8H,4,7H2,1-3H3;4H2,1-3H3;. The molecule has 0 aliphatic carbocycles. The van der Waals surface area contributed by atoms with Crippen LogP contribution in [0.25, 0.3) is 0 Å². The fraction of sp³-hybridized carbons (Fsp3) is 0.360. The summed E-state index contributed by atoms with van der Waals surface area (Å²) in [4.78, 5) is 71.2. The van der Waals surface area contributed by atoms with Crippen LogP contribution >= 0.6 is 34.2 Å². The van der Waals surface area contributed by atoms with Gasteiger partial charge in [0.25, 0.3) is 11.1 Å². The number of ether oxygens (including phenoxy) is 2. The van der Waals surface area contributed by atoms with Crippen LogP contribution in [-0.2, 0) is 44.1 Å². The normalized spacial score (nSPS) is 10.1. The van der Waals surface area contributed by atoms with Gasteiger partial charge in [-0.05, 0) is 54.1 Å². The Labute approximate surface area is 386 Å². The molecule has 22 radical (unpaired) electrons. The highest BCUT2D eigenvalue weighted by molar-refractivity contribution is 14.1. The fourth-order valence-electron chi connectivity index (χ4n) is 6.11. The van der Waals surface area contributed by atoms with Crippen LogP contribution in [0.3, 0.4) is 0 Å². The number of carbonyl (C=O) groups is 2. The van der Waals surface area contributed by atoms with E-state index in [1.807, 2.05) is 22.6 Å². The maximum Gasteiger partial charge on any atom is 0.346 e. The molecular weight excluding hydrogens is 882 g/mol. The number of rotatable bonds is 14. The topological polar surface area (TPSA) is 141 Å². The number of hydrogen-bond donors (Lipinski definition) is 0. The van der Waals surface area contributed by atoms with Gasteiger partial charge in [-0.25, -0.2) is 23.6 Å². The Kier molecular flexibility index (Phi) is 23.4. The molecule has 1 aromatic carbocycles. The molecule has 2 heterocycles. The molecule has 3 aromatic rings. The van der Waals surface area contributed by atoms with Crippen molar-refractivity contribution in [3.63, 3.8) is 0 Å². The molecule has 0 N–H and O–H groups in total. The van der Waals surface area contributed by atoms with E-state index >= 15 is 0 Å². The second kappa shape index (κ2) is 25.2. The molecule has 0 amide bonds. The third kappa shape index (κ3) is 14.1. The maximum absolute atomic E-state index is 14.1. The van der Waals surface area contributed by atoms with Crippen molar-refractivity contribution >= 4 is 189 Å². The molecule has 0 aliphatic heterocycles. The van der Waals surface area contributed by atoms with Crippen LogP contribution in [-0.4, -0.2) is 186 Å². The van der Waals surface area contributed by atoms with E-state index in [9.17, 15) is 33.2 Å². The van der Waals surface area contributed by atoms with Crippen molar-refractivity contribution in [1.29, 1.82) is 0 Å². The average molecular weight is 909 g/mol. The van der Waals surface area contributed by atoms with Crippen molar-refractivity contribution in [3.05, 3.63) is 96.8 Å². The number of esters is 2. The number of hydrogen-bond acceptors (Lipinski definition) is 8. The van der Waals surface area contributed by atoms with Crippen molar-refractivity contribution in [1.82, 2.24) is 18.3 Å². The molecule has 0 atom stereocenters. The van der Waals surface area contributed by atoms with E-state index < -0.39 is 97.7 Å². The minimum absolute atomic E-state index is 0.0707. The van der Waals surface area contributed by atoms with Gasteiger partial charge < -0.3 is 9.47 Å². The van der Waals surface area contributed by atoms with Crippen molar-refractivity contribution in [2.24, 2.45) is 28.2 Å². The minimum Gasteiger partial charge on any atom is -0.462 e. The Morgan fingerprint density at radius 1 is 0.650 bits per heavy atom. The lowest BCUT2D eigenvalue weighted by Crippen LogP contribution is -2.80. The highest BCUT2D eigenvalue weighted by atomic mass is 127. The summed E-state index contributed by atoms with van der Waals surface area (Å²) in [7, 11) is 68.5. The summed E-state index contributed by atoms with van der Waals surface area (Å²) in [5.74, 6) is -2.12. The summed E-state index contributed by atoms with van der Waals surface area (Å²) in [6.07, 6.45) is -7.22. The second-order valence-electron chi connectivity index (χ2n) is 13.4. The Morgan fingerprint density at radius 3 is 1.43 bits per heavy atom. The predicted octanol–water partition coefficient (Wildman–Crippen LogP) is -6.11. The molecule has 0 fully saturated rings. The van der Waals surface area contributed by atoms with Gasteiger partial charge in [-0.2, -0.15) is 0 Å². The number of aromatic nitrogens is 4. The first-order valence-corrected chi connectivity index (χ1v) is 19.5. The Morgan fingerprint density at radius 2 is 1.05 bits per heavy atom. The highest BCUT2D eigenvalue weighted by Gasteiger charge is 2.44. The van der Waals surface area contributed by atoms with E-state index in [1.54, 1.807) is 26.0 Å². The molecule has 0 spiro atoms. The molecule has 0 aliphatic rings. The predicted molar refractivity (Wildman–Crippen MR) is 268 cm³/mol. The van der Waals surface area contributed by atoms with Crippen molar-refractivity contribution < 1.29 is 23.5 Å². The first kappa shape index (κ1) is 55.8. The summed E-state index contributed by atoms with van der Waals surface area (Å²) < 4.78 is 28.3. The van der Waals surface area contributed by atoms with Crippen molar-refractivity contribution in [2.75, 3.05) is 13.2 Å². The second-order valence-corrected chi connectivity index (χ2v) is 15.1.